The summed E-state index contributed by atoms with van der Waals surface area (Å²) >= 11 is 0. The van der Waals surface area contributed by atoms with Crippen molar-refractivity contribution in [3.63, 3.8) is 0 Å². The fraction of sp³-hybridized carbons (Fsp3) is 0.429. The van der Waals surface area contributed by atoms with E-state index < -0.39 is 10.0 Å². The number of nitrogens with zero attached hydrogens (tertiary/aromatic N) is 1. The molecule has 5 heteroatoms. The van der Waals surface area contributed by atoms with Crippen molar-refractivity contribution in [1.29, 1.82) is 0 Å². The number of hydrogen-bond acceptors (Lipinski definition) is 3. The normalized spacial score (nSPS) is 25.8. The van der Waals surface area contributed by atoms with Crippen LogP contribution in [0.1, 0.15) is 19.4 Å². The Morgan fingerprint density at radius 1 is 1.16 bits per heavy atom. The van der Waals surface area contributed by atoms with Gasteiger partial charge in [-0.15, -0.1) is 0 Å². The molecule has 104 valence electrons. The zero-order chi connectivity index (χ0) is 13.9. The molecule has 2 unspecified atom stereocenters. The first kappa shape index (κ1) is 14.2. The molecule has 0 aromatic heterocycles. The molecule has 0 radical (unpaired) electrons. The second-order valence-corrected chi connectivity index (χ2v) is 6.65. The Morgan fingerprint density at radius 2 is 1.74 bits per heavy atom. The van der Waals surface area contributed by atoms with Crippen molar-refractivity contribution in [2.75, 3.05) is 13.1 Å². The Bertz CT molecular complexity index is 529. The highest BCUT2D eigenvalue weighted by Gasteiger charge is 2.29. The summed E-state index contributed by atoms with van der Waals surface area (Å²) in [5.41, 5.74) is 0.875. The highest BCUT2D eigenvalue weighted by atomic mass is 32.2. The van der Waals surface area contributed by atoms with E-state index in [1.165, 1.54) is 9.71 Å². The Labute approximate surface area is 114 Å². The third kappa shape index (κ3) is 3.89. The van der Waals surface area contributed by atoms with Gasteiger partial charge >= 0.3 is 0 Å². The van der Waals surface area contributed by atoms with Crippen LogP contribution in [0.25, 0.3) is 6.08 Å². The maximum Gasteiger partial charge on any atom is 0.236 e. The SMILES string of the molecule is CC1CN(S(=O)(=O)C=Cc2ccccc2)CC(C)O1. The fourth-order valence-electron chi connectivity index (χ4n) is 2.15. The van der Waals surface area contributed by atoms with Crippen LogP contribution < -0.4 is 0 Å². The monoisotopic (exact) mass is 281 g/mol. The molecular weight excluding hydrogens is 262 g/mol. The lowest BCUT2D eigenvalue weighted by atomic mass is 10.2. The zero-order valence-corrected chi connectivity index (χ0v) is 12.0. The van der Waals surface area contributed by atoms with Crippen LogP contribution in [0.4, 0.5) is 0 Å². The Morgan fingerprint density at radius 3 is 2.32 bits per heavy atom. The van der Waals surface area contributed by atoms with Crippen molar-refractivity contribution >= 4 is 16.1 Å². The van der Waals surface area contributed by atoms with E-state index in [9.17, 15) is 8.42 Å². The van der Waals surface area contributed by atoms with E-state index in [4.69, 9.17) is 4.74 Å². The van der Waals surface area contributed by atoms with Crippen LogP contribution >= 0.6 is 0 Å². The number of rotatable bonds is 3. The van der Waals surface area contributed by atoms with Gasteiger partial charge in [-0.05, 0) is 25.5 Å². The second kappa shape index (κ2) is 5.86. The van der Waals surface area contributed by atoms with E-state index in [2.05, 4.69) is 0 Å². The topological polar surface area (TPSA) is 46.6 Å². The third-order valence-electron chi connectivity index (χ3n) is 2.98. The van der Waals surface area contributed by atoms with Crippen LogP contribution in [0.3, 0.4) is 0 Å². The minimum atomic E-state index is -3.37. The van der Waals surface area contributed by atoms with Crippen molar-refractivity contribution in [2.24, 2.45) is 0 Å². The zero-order valence-electron chi connectivity index (χ0n) is 11.2. The van der Waals surface area contributed by atoms with Crippen LogP contribution in [0.2, 0.25) is 0 Å². The third-order valence-corrected chi connectivity index (χ3v) is 4.48. The minimum Gasteiger partial charge on any atom is -0.373 e. The predicted octanol–water partition coefficient (Wildman–Crippen LogP) is 2.10. The summed E-state index contributed by atoms with van der Waals surface area (Å²) in [6.45, 7) is 4.59. The van der Waals surface area contributed by atoms with Gasteiger partial charge in [0.25, 0.3) is 0 Å². The van der Waals surface area contributed by atoms with Crippen molar-refractivity contribution in [2.45, 2.75) is 26.1 Å². The van der Waals surface area contributed by atoms with Crippen molar-refractivity contribution in [3.8, 4) is 0 Å². The van der Waals surface area contributed by atoms with Gasteiger partial charge in [0, 0.05) is 18.5 Å². The van der Waals surface area contributed by atoms with E-state index in [0.29, 0.717) is 13.1 Å². The van der Waals surface area contributed by atoms with Crippen LogP contribution in [0, 0.1) is 0 Å². The molecule has 0 amide bonds. The Kier molecular flexibility index (Phi) is 4.39. The molecule has 1 aromatic carbocycles. The molecule has 2 atom stereocenters. The van der Waals surface area contributed by atoms with E-state index in [-0.39, 0.29) is 12.2 Å². The number of sulfonamides is 1. The van der Waals surface area contributed by atoms with Gasteiger partial charge in [0.05, 0.1) is 12.2 Å². The van der Waals surface area contributed by atoms with Gasteiger partial charge in [-0.1, -0.05) is 30.3 Å². The van der Waals surface area contributed by atoms with E-state index >= 15 is 0 Å². The molecule has 1 heterocycles. The van der Waals surface area contributed by atoms with Gasteiger partial charge in [0.2, 0.25) is 10.0 Å². The molecule has 0 aliphatic carbocycles. The van der Waals surface area contributed by atoms with Crippen LogP contribution in [-0.4, -0.2) is 38.0 Å². The Balaban J connectivity index is 2.12. The van der Waals surface area contributed by atoms with E-state index in [0.717, 1.165) is 5.56 Å². The lowest BCUT2D eigenvalue weighted by Gasteiger charge is -2.33. The maximum atomic E-state index is 12.2. The number of benzene rings is 1. The first-order chi connectivity index (χ1) is 8.97. The summed E-state index contributed by atoms with van der Waals surface area (Å²) in [7, 11) is -3.37. The predicted molar refractivity (Wildman–Crippen MR) is 76.0 cm³/mol. The number of ether oxygens (including phenoxy) is 1. The molecule has 1 aliphatic heterocycles. The Hall–Kier alpha value is -1.17. The minimum absolute atomic E-state index is 0.0661. The second-order valence-electron chi connectivity index (χ2n) is 4.83. The van der Waals surface area contributed by atoms with Crippen molar-refractivity contribution in [3.05, 3.63) is 41.3 Å². The van der Waals surface area contributed by atoms with Crippen molar-refractivity contribution < 1.29 is 13.2 Å². The quantitative estimate of drug-likeness (QED) is 0.852. The average Bonchev–Trinajstić information content (AvgIpc) is 2.37. The number of morpholine rings is 1. The van der Waals surface area contributed by atoms with Crippen LogP contribution in [-0.2, 0) is 14.8 Å². The summed E-state index contributed by atoms with van der Waals surface area (Å²) in [4.78, 5) is 0. The molecule has 0 spiro atoms. The maximum absolute atomic E-state index is 12.2. The van der Waals surface area contributed by atoms with Gasteiger partial charge in [0.1, 0.15) is 0 Å². The molecular formula is C14H19NO3S. The molecule has 19 heavy (non-hydrogen) atoms. The molecule has 1 saturated heterocycles. The smallest absolute Gasteiger partial charge is 0.236 e. The van der Waals surface area contributed by atoms with Gasteiger partial charge in [-0.2, -0.15) is 4.31 Å². The van der Waals surface area contributed by atoms with Crippen molar-refractivity contribution in [1.82, 2.24) is 4.31 Å². The van der Waals surface area contributed by atoms with Crippen LogP contribution in [0.5, 0.6) is 0 Å². The molecule has 4 nitrogen and oxygen atoms in total. The standard InChI is InChI=1S/C14H19NO3S/c1-12-10-15(11-13(2)18-12)19(16,17)9-8-14-6-4-3-5-7-14/h3-9,12-13H,10-11H2,1-2H3. The molecule has 1 aromatic rings. The van der Waals surface area contributed by atoms with Gasteiger partial charge < -0.3 is 4.74 Å². The lowest BCUT2D eigenvalue weighted by molar-refractivity contribution is -0.0437. The van der Waals surface area contributed by atoms with Gasteiger partial charge in [-0.25, -0.2) is 8.42 Å². The fourth-order valence-corrected chi connectivity index (χ4v) is 3.49. The summed E-state index contributed by atoms with van der Waals surface area (Å²) < 4.78 is 31.5. The van der Waals surface area contributed by atoms with E-state index in [1.807, 2.05) is 44.2 Å². The molecule has 0 N–H and O–H groups in total. The lowest BCUT2D eigenvalue weighted by Crippen LogP contribution is -2.47. The van der Waals surface area contributed by atoms with Crippen LogP contribution in [0.15, 0.2) is 35.7 Å². The van der Waals surface area contributed by atoms with E-state index in [1.54, 1.807) is 6.08 Å². The highest BCUT2D eigenvalue weighted by molar-refractivity contribution is 7.92. The largest absolute Gasteiger partial charge is 0.373 e. The number of hydrogen-bond donors (Lipinski definition) is 0. The molecule has 1 fully saturated rings. The summed E-state index contributed by atoms with van der Waals surface area (Å²) in [6.07, 6.45) is 1.49. The van der Waals surface area contributed by atoms with Gasteiger partial charge in [0.15, 0.2) is 0 Å². The molecule has 1 aliphatic rings. The van der Waals surface area contributed by atoms with Gasteiger partial charge in [-0.3, -0.25) is 0 Å². The molecule has 2 rings (SSSR count). The summed E-state index contributed by atoms with van der Waals surface area (Å²) in [5, 5.41) is 1.27. The molecule has 0 bridgehead atoms. The first-order valence-corrected chi connectivity index (χ1v) is 7.86. The summed E-state index contributed by atoms with van der Waals surface area (Å²) in [5.74, 6) is 0. The average molecular weight is 281 g/mol. The first-order valence-electron chi connectivity index (χ1n) is 6.36. The molecule has 0 saturated carbocycles. The summed E-state index contributed by atoms with van der Waals surface area (Å²) in [6, 6.07) is 9.40. The highest BCUT2D eigenvalue weighted by Crippen LogP contribution is 2.16.